The first-order chi connectivity index (χ1) is 16.6. The first-order valence-corrected chi connectivity index (χ1v) is 13.1. The standard InChI is InChI=1S/C28H38ClN3O3/c1-17(2)9-21-10-23-25(14-28(12-18(3)13-28)35-27(23)31-15-21)30-16-26(34)24(32-19(4)33)11-20-5-7-22(29)8-6-20/h5-8,10,15,17-18,24-26,30,34H,9,11-14,16H2,1-4H3,(H,32,33)/t18-,24-,25-,26+,28+/m0/s1. The van der Waals surface area contributed by atoms with Gasteiger partial charge in [0.25, 0.3) is 0 Å². The average Bonchev–Trinajstić information content (AvgIpc) is 2.77. The number of fused-ring (bicyclic) bond motifs is 1. The summed E-state index contributed by atoms with van der Waals surface area (Å²) in [5.74, 6) is 1.73. The van der Waals surface area contributed by atoms with Gasteiger partial charge in [0.15, 0.2) is 0 Å². The molecule has 3 N–H and O–H groups in total. The Hall–Kier alpha value is -2.15. The lowest BCUT2D eigenvalue weighted by Crippen LogP contribution is -2.54. The van der Waals surface area contributed by atoms with Crippen LogP contribution in [0.1, 0.15) is 69.7 Å². The Morgan fingerprint density at radius 3 is 2.54 bits per heavy atom. The second kappa shape index (κ2) is 10.9. The Bertz CT molecular complexity index is 1020. The van der Waals surface area contributed by atoms with Crippen LogP contribution in [0, 0.1) is 11.8 Å². The molecule has 6 nitrogen and oxygen atoms in total. The summed E-state index contributed by atoms with van der Waals surface area (Å²) in [7, 11) is 0. The summed E-state index contributed by atoms with van der Waals surface area (Å²) in [6.07, 6.45) is 5.55. The van der Waals surface area contributed by atoms with Gasteiger partial charge in [-0.1, -0.05) is 44.5 Å². The molecule has 190 valence electrons. The minimum Gasteiger partial charge on any atom is -0.471 e. The number of aromatic nitrogens is 1. The van der Waals surface area contributed by atoms with E-state index in [0.29, 0.717) is 35.7 Å². The minimum absolute atomic E-state index is 0.0361. The number of nitrogens with one attached hydrogen (secondary N) is 2. The molecule has 0 radical (unpaired) electrons. The van der Waals surface area contributed by atoms with Crippen molar-refractivity contribution in [3.63, 3.8) is 0 Å². The third-order valence-electron chi connectivity index (χ3n) is 7.08. The van der Waals surface area contributed by atoms with Gasteiger partial charge in [0.2, 0.25) is 11.8 Å². The molecule has 1 aromatic carbocycles. The Labute approximate surface area is 213 Å². The fourth-order valence-corrected chi connectivity index (χ4v) is 5.75. The third-order valence-corrected chi connectivity index (χ3v) is 7.33. The Morgan fingerprint density at radius 1 is 1.20 bits per heavy atom. The van der Waals surface area contributed by atoms with Crippen molar-refractivity contribution in [2.75, 3.05) is 6.54 Å². The molecule has 1 fully saturated rings. The lowest BCUT2D eigenvalue weighted by molar-refractivity contribution is -0.120. The zero-order chi connectivity index (χ0) is 25.2. The summed E-state index contributed by atoms with van der Waals surface area (Å²) in [6.45, 7) is 8.49. The average molecular weight is 500 g/mol. The molecule has 2 heterocycles. The Balaban J connectivity index is 1.49. The monoisotopic (exact) mass is 499 g/mol. The molecule has 35 heavy (non-hydrogen) atoms. The van der Waals surface area contributed by atoms with Gasteiger partial charge in [-0.2, -0.15) is 0 Å². The Kier molecular flexibility index (Phi) is 8.04. The van der Waals surface area contributed by atoms with Crippen LogP contribution in [-0.4, -0.2) is 40.3 Å². The molecule has 0 unspecified atom stereocenters. The minimum atomic E-state index is -0.760. The number of hydrogen-bond acceptors (Lipinski definition) is 5. The highest BCUT2D eigenvalue weighted by Crippen LogP contribution is 2.50. The van der Waals surface area contributed by atoms with Gasteiger partial charge in [-0.25, -0.2) is 4.98 Å². The molecule has 1 amide bonds. The zero-order valence-corrected chi connectivity index (χ0v) is 21.9. The number of nitrogens with zero attached hydrogens (tertiary/aromatic N) is 1. The van der Waals surface area contributed by atoms with Gasteiger partial charge in [-0.15, -0.1) is 0 Å². The first-order valence-electron chi connectivity index (χ1n) is 12.7. The highest BCUT2D eigenvalue weighted by Gasteiger charge is 2.49. The van der Waals surface area contributed by atoms with E-state index in [4.69, 9.17) is 21.3 Å². The normalized spacial score (nSPS) is 24.9. The van der Waals surface area contributed by atoms with Crippen molar-refractivity contribution < 1.29 is 14.6 Å². The van der Waals surface area contributed by atoms with Crippen molar-refractivity contribution in [2.24, 2.45) is 11.8 Å². The molecular weight excluding hydrogens is 462 g/mol. The van der Waals surface area contributed by atoms with Crippen LogP contribution in [0.2, 0.25) is 5.02 Å². The smallest absolute Gasteiger partial charge is 0.218 e. The van der Waals surface area contributed by atoms with E-state index in [9.17, 15) is 9.90 Å². The maximum absolute atomic E-state index is 11.9. The van der Waals surface area contributed by atoms with E-state index in [-0.39, 0.29) is 17.6 Å². The van der Waals surface area contributed by atoms with E-state index in [1.807, 2.05) is 30.5 Å². The maximum atomic E-state index is 11.9. The highest BCUT2D eigenvalue weighted by molar-refractivity contribution is 6.30. The Morgan fingerprint density at radius 2 is 1.91 bits per heavy atom. The number of pyridine rings is 1. The van der Waals surface area contributed by atoms with Gasteiger partial charge in [-0.3, -0.25) is 4.79 Å². The summed E-state index contributed by atoms with van der Waals surface area (Å²) >= 11 is 6.02. The molecule has 0 bridgehead atoms. The molecule has 2 aliphatic rings. The van der Waals surface area contributed by atoms with Crippen molar-refractivity contribution in [3.8, 4) is 5.88 Å². The number of benzene rings is 1. The fraction of sp³-hybridized carbons (Fsp3) is 0.571. The highest BCUT2D eigenvalue weighted by atomic mass is 35.5. The molecule has 3 atom stereocenters. The van der Waals surface area contributed by atoms with Gasteiger partial charge in [0, 0.05) is 42.7 Å². The predicted octanol–water partition coefficient (Wildman–Crippen LogP) is 4.62. The predicted molar refractivity (Wildman–Crippen MR) is 139 cm³/mol. The second-order valence-corrected chi connectivity index (χ2v) is 11.4. The topological polar surface area (TPSA) is 83.5 Å². The van der Waals surface area contributed by atoms with E-state index < -0.39 is 12.1 Å². The first kappa shape index (κ1) is 25.9. The number of halogens is 1. The number of rotatable bonds is 9. The van der Waals surface area contributed by atoms with Crippen LogP contribution in [0.4, 0.5) is 0 Å². The zero-order valence-electron chi connectivity index (χ0n) is 21.2. The lowest BCUT2D eigenvalue weighted by atomic mass is 9.67. The van der Waals surface area contributed by atoms with Gasteiger partial charge in [-0.05, 0) is 66.8 Å². The van der Waals surface area contributed by atoms with E-state index in [1.54, 1.807) is 0 Å². The number of carbonyl (C=O) groups excluding carboxylic acids is 1. The molecular formula is C28H38ClN3O3. The largest absolute Gasteiger partial charge is 0.471 e. The van der Waals surface area contributed by atoms with Crippen LogP contribution < -0.4 is 15.4 Å². The van der Waals surface area contributed by atoms with Gasteiger partial charge in [0.05, 0.1) is 12.1 Å². The van der Waals surface area contributed by atoms with Crippen molar-refractivity contribution in [2.45, 2.75) is 83.6 Å². The molecule has 1 aliphatic heterocycles. The van der Waals surface area contributed by atoms with Crippen LogP contribution in [-0.2, 0) is 17.6 Å². The number of amides is 1. The van der Waals surface area contributed by atoms with Crippen molar-refractivity contribution in [3.05, 3.63) is 58.2 Å². The van der Waals surface area contributed by atoms with Gasteiger partial charge < -0.3 is 20.5 Å². The van der Waals surface area contributed by atoms with Gasteiger partial charge in [0.1, 0.15) is 5.60 Å². The molecule has 4 rings (SSSR count). The van der Waals surface area contributed by atoms with E-state index in [2.05, 4.69) is 37.5 Å². The van der Waals surface area contributed by atoms with Crippen LogP contribution in [0.25, 0.3) is 0 Å². The van der Waals surface area contributed by atoms with E-state index >= 15 is 0 Å². The van der Waals surface area contributed by atoms with E-state index in [0.717, 1.165) is 36.8 Å². The lowest BCUT2D eigenvalue weighted by Gasteiger charge is -2.50. The third kappa shape index (κ3) is 6.54. The molecule has 1 aromatic heterocycles. The quantitative estimate of drug-likeness (QED) is 0.468. The number of ether oxygens (including phenoxy) is 1. The summed E-state index contributed by atoms with van der Waals surface area (Å²) < 4.78 is 6.43. The van der Waals surface area contributed by atoms with Crippen molar-refractivity contribution >= 4 is 17.5 Å². The summed E-state index contributed by atoms with van der Waals surface area (Å²) in [5.41, 5.74) is 3.09. The fourth-order valence-electron chi connectivity index (χ4n) is 5.63. The summed E-state index contributed by atoms with van der Waals surface area (Å²) in [5, 5.41) is 18.3. The summed E-state index contributed by atoms with van der Waals surface area (Å²) in [6, 6.07) is 9.33. The number of aliphatic hydroxyl groups is 1. The van der Waals surface area contributed by atoms with E-state index in [1.165, 1.54) is 12.5 Å². The maximum Gasteiger partial charge on any atom is 0.218 e. The van der Waals surface area contributed by atoms with Crippen LogP contribution in [0.3, 0.4) is 0 Å². The number of carbonyl (C=O) groups is 1. The molecule has 1 saturated carbocycles. The van der Waals surface area contributed by atoms with Crippen LogP contribution in [0.5, 0.6) is 5.88 Å². The summed E-state index contributed by atoms with van der Waals surface area (Å²) in [4.78, 5) is 16.6. The molecule has 2 aromatic rings. The molecule has 0 saturated heterocycles. The van der Waals surface area contributed by atoms with Crippen LogP contribution >= 0.6 is 11.6 Å². The molecule has 1 aliphatic carbocycles. The van der Waals surface area contributed by atoms with Crippen molar-refractivity contribution in [1.82, 2.24) is 15.6 Å². The van der Waals surface area contributed by atoms with Crippen molar-refractivity contribution in [1.29, 1.82) is 0 Å². The van der Waals surface area contributed by atoms with Crippen LogP contribution in [0.15, 0.2) is 36.5 Å². The second-order valence-electron chi connectivity index (χ2n) is 11.0. The number of hydrogen-bond donors (Lipinski definition) is 3. The SMILES string of the molecule is CC(=O)N[C@@H](Cc1ccc(Cl)cc1)[C@H](O)CN[C@H]1C[C@]2(C[C@H](C)C2)Oc2ncc(CC(C)C)cc21. The number of aliphatic hydroxyl groups excluding tert-OH is 1. The van der Waals surface area contributed by atoms with Gasteiger partial charge >= 0.3 is 0 Å². The molecule has 7 heteroatoms. The molecule has 1 spiro atoms.